The van der Waals surface area contributed by atoms with E-state index in [0.29, 0.717) is 0 Å². The number of allylic oxidation sites excluding steroid dienone is 2. The molecule has 1 aliphatic carbocycles. The maximum atomic E-state index is 9.24. The minimum atomic E-state index is -0.138. The highest BCUT2D eigenvalue weighted by atomic mass is 14.4. The molecule has 0 saturated carbocycles. The Kier molecular flexibility index (Phi) is 3.54. The number of hydrogen-bond acceptors (Lipinski definition) is 1. The first kappa shape index (κ1) is 10.3. The third-order valence-electron chi connectivity index (χ3n) is 3.33. The van der Waals surface area contributed by atoms with Gasteiger partial charge < -0.3 is 0 Å². The molecule has 0 unspecified atom stereocenters. The maximum Gasteiger partial charge on any atom is 0.0777 e. The van der Waals surface area contributed by atoms with Gasteiger partial charge >= 0.3 is 0 Å². The Bertz CT molecular complexity index is 228. The van der Waals surface area contributed by atoms with E-state index in [4.69, 9.17) is 0 Å². The molecule has 0 heterocycles. The summed E-state index contributed by atoms with van der Waals surface area (Å²) in [6, 6.07) is 2.52. The lowest BCUT2D eigenvalue weighted by Gasteiger charge is -2.29. The van der Waals surface area contributed by atoms with E-state index in [0.717, 1.165) is 19.3 Å². The van der Waals surface area contributed by atoms with Crippen molar-refractivity contribution in [3.63, 3.8) is 0 Å². The number of nitriles is 1. The van der Waals surface area contributed by atoms with Gasteiger partial charge in [0.2, 0.25) is 0 Å². The first-order chi connectivity index (χ1) is 6.29. The summed E-state index contributed by atoms with van der Waals surface area (Å²) in [5.41, 5.74) is 1.27. The van der Waals surface area contributed by atoms with Crippen molar-refractivity contribution >= 4 is 0 Å². The summed E-state index contributed by atoms with van der Waals surface area (Å²) in [5.74, 6) is 0. The Morgan fingerprint density at radius 1 is 1.38 bits per heavy atom. The van der Waals surface area contributed by atoms with E-state index in [1.54, 1.807) is 0 Å². The van der Waals surface area contributed by atoms with E-state index in [-0.39, 0.29) is 5.41 Å². The molecule has 0 aromatic heterocycles. The van der Waals surface area contributed by atoms with Gasteiger partial charge in [0.25, 0.3) is 0 Å². The van der Waals surface area contributed by atoms with Crippen LogP contribution in [0.5, 0.6) is 0 Å². The molecule has 1 aliphatic rings. The van der Waals surface area contributed by atoms with E-state index in [9.17, 15) is 5.26 Å². The second-order valence-electron chi connectivity index (χ2n) is 3.88. The van der Waals surface area contributed by atoms with Gasteiger partial charge in [0.1, 0.15) is 0 Å². The molecule has 0 aromatic rings. The molecule has 0 radical (unpaired) electrons. The summed E-state index contributed by atoms with van der Waals surface area (Å²) in [4.78, 5) is 0. The van der Waals surface area contributed by atoms with Gasteiger partial charge in [-0.25, -0.2) is 0 Å². The van der Waals surface area contributed by atoms with Crippen molar-refractivity contribution in [2.75, 3.05) is 0 Å². The quantitative estimate of drug-likeness (QED) is 0.601. The Morgan fingerprint density at radius 2 is 2.08 bits per heavy atom. The van der Waals surface area contributed by atoms with Crippen molar-refractivity contribution in [2.45, 2.75) is 52.4 Å². The van der Waals surface area contributed by atoms with Crippen LogP contribution in [0.3, 0.4) is 0 Å². The Labute approximate surface area is 81.5 Å². The highest BCUT2D eigenvalue weighted by Gasteiger charge is 2.30. The summed E-state index contributed by atoms with van der Waals surface area (Å²) >= 11 is 0. The van der Waals surface area contributed by atoms with Crippen molar-refractivity contribution < 1.29 is 0 Å². The zero-order valence-electron chi connectivity index (χ0n) is 8.77. The first-order valence-electron chi connectivity index (χ1n) is 5.40. The minimum Gasteiger partial charge on any atom is -0.197 e. The fourth-order valence-corrected chi connectivity index (χ4v) is 2.21. The zero-order chi connectivity index (χ0) is 9.73. The van der Waals surface area contributed by atoms with Gasteiger partial charge in [-0.1, -0.05) is 25.5 Å². The first-order valence-corrected chi connectivity index (χ1v) is 5.40. The third kappa shape index (κ3) is 1.94. The molecular weight excluding hydrogens is 158 g/mol. The molecule has 0 atom stereocenters. The summed E-state index contributed by atoms with van der Waals surface area (Å²) < 4.78 is 0. The summed E-state index contributed by atoms with van der Waals surface area (Å²) in [5, 5.41) is 9.24. The van der Waals surface area contributed by atoms with E-state index in [1.807, 2.05) is 0 Å². The van der Waals surface area contributed by atoms with Gasteiger partial charge in [-0.2, -0.15) is 5.26 Å². The van der Waals surface area contributed by atoms with Crippen LogP contribution in [0.2, 0.25) is 0 Å². The molecule has 0 spiro atoms. The SMILES string of the molecule is CCC(C#N)(CC)C1=CCCCC1. The lowest BCUT2D eigenvalue weighted by molar-refractivity contribution is 0.410. The molecule has 0 aliphatic heterocycles. The molecule has 72 valence electrons. The second-order valence-corrected chi connectivity index (χ2v) is 3.88. The number of nitrogens with zero attached hydrogens (tertiary/aromatic N) is 1. The number of hydrogen-bond donors (Lipinski definition) is 0. The van der Waals surface area contributed by atoms with E-state index in [1.165, 1.54) is 24.8 Å². The van der Waals surface area contributed by atoms with Crippen molar-refractivity contribution in [1.29, 1.82) is 5.26 Å². The average Bonchev–Trinajstić information content (AvgIpc) is 2.23. The van der Waals surface area contributed by atoms with Crippen LogP contribution in [0.1, 0.15) is 52.4 Å². The topological polar surface area (TPSA) is 23.8 Å². The van der Waals surface area contributed by atoms with Crippen molar-refractivity contribution in [3.05, 3.63) is 11.6 Å². The summed E-state index contributed by atoms with van der Waals surface area (Å²) in [6.45, 7) is 4.25. The Morgan fingerprint density at radius 3 is 2.46 bits per heavy atom. The molecule has 1 rings (SSSR count). The number of rotatable bonds is 3. The Balaban J connectivity index is 2.86. The lowest BCUT2D eigenvalue weighted by Crippen LogP contribution is -2.20. The zero-order valence-corrected chi connectivity index (χ0v) is 8.77. The van der Waals surface area contributed by atoms with Crippen LogP contribution in [0.4, 0.5) is 0 Å². The minimum absolute atomic E-state index is 0.138. The van der Waals surface area contributed by atoms with E-state index in [2.05, 4.69) is 26.0 Å². The van der Waals surface area contributed by atoms with Gasteiger partial charge in [0.05, 0.1) is 11.5 Å². The molecule has 0 fully saturated rings. The monoisotopic (exact) mass is 177 g/mol. The van der Waals surface area contributed by atoms with Crippen LogP contribution in [0, 0.1) is 16.7 Å². The summed E-state index contributed by atoms with van der Waals surface area (Å²) in [7, 11) is 0. The van der Waals surface area contributed by atoms with Crippen LogP contribution in [-0.4, -0.2) is 0 Å². The van der Waals surface area contributed by atoms with E-state index >= 15 is 0 Å². The van der Waals surface area contributed by atoms with Crippen LogP contribution < -0.4 is 0 Å². The van der Waals surface area contributed by atoms with Crippen LogP contribution in [0.15, 0.2) is 11.6 Å². The molecule has 0 saturated heterocycles. The van der Waals surface area contributed by atoms with Gasteiger partial charge in [-0.3, -0.25) is 0 Å². The highest BCUT2D eigenvalue weighted by Crippen LogP contribution is 2.39. The van der Waals surface area contributed by atoms with Crippen LogP contribution in [0.25, 0.3) is 0 Å². The molecule has 0 N–H and O–H groups in total. The van der Waals surface area contributed by atoms with Crippen LogP contribution >= 0.6 is 0 Å². The molecular formula is C12H19N. The lowest BCUT2D eigenvalue weighted by atomic mass is 9.73. The van der Waals surface area contributed by atoms with Crippen LogP contribution in [-0.2, 0) is 0 Å². The molecule has 0 amide bonds. The molecule has 1 heteroatoms. The molecule has 0 aromatic carbocycles. The third-order valence-corrected chi connectivity index (χ3v) is 3.33. The van der Waals surface area contributed by atoms with Crippen molar-refractivity contribution in [2.24, 2.45) is 5.41 Å². The fourth-order valence-electron chi connectivity index (χ4n) is 2.21. The van der Waals surface area contributed by atoms with Crippen molar-refractivity contribution in [3.8, 4) is 6.07 Å². The normalized spacial score (nSPS) is 17.8. The second kappa shape index (κ2) is 4.46. The van der Waals surface area contributed by atoms with Gasteiger partial charge in [0, 0.05) is 0 Å². The van der Waals surface area contributed by atoms with Gasteiger partial charge in [0.15, 0.2) is 0 Å². The van der Waals surface area contributed by atoms with Gasteiger partial charge in [-0.05, 0) is 38.5 Å². The predicted molar refractivity (Wildman–Crippen MR) is 55.2 cm³/mol. The molecule has 0 bridgehead atoms. The maximum absolute atomic E-state index is 9.24. The fraction of sp³-hybridized carbons (Fsp3) is 0.750. The predicted octanol–water partition coefficient (Wildman–Crippen LogP) is 3.82. The largest absolute Gasteiger partial charge is 0.197 e. The standard InChI is InChI=1S/C12H19N/c1-3-12(4-2,10-13)11-8-6-5-7-9-11/h8H,3-7,9H2,1-2H3. The summed E-state index contributed by atoms with van der Waals surface area (Å²) in [6.07, 6.45) is 9.14. The van der Waals surface area contributed by atoms with E-state index < -0.39 is 0 Å². The molecule has 1 nitrogen and oxygen atoms in total. The Hall–Kier alpha value is -0.770. The average molecular weight is 177 g/mol. The molecule has 13 heavy (non-hydrogen) atoms. The van der Waals surface area contributed by atoms with Gasteiger partial charge in [-0.15, -0.1) is 0 Å². The highest BCUT2D eigenvalue weighted by molar-refractivity contribution is 5.24. The smallest absolute Gasteiger partial charge is 0.0777 e. The van der Waals surface area contributed by atoms with Crippen molar-refractivity contribution in [1.82, 2.24) is 0 Å².